The summed E-state index contributed by atoms with van der Waals surface area (Å²) in [5.74, 6) is -2.18. The molecular weight excluding hydrogens is 346 g/mol. The van der Waals surface area contributed by atoms with E-state index < -0.39 is 17.6 Å². The number of nitrogens with one attached hydrogen (secondary N) is 1. The van der Waals surface area contributed by atoms with Crippen molar-refractivity contribution in [2.24, 2.45) is 0 Å². The van der Waals surface area contributed by atoms with Gasteiger partial charge in [0.05, 0.1) is 11.3 Å². The first kappa shape index (κ1) is 18.2. The average Bonchev–Trinajstić information content (AvgIpc) is 2.84. The molecule has 1 aliphatic rings. The first-order valence-electron chi connectivity index (χ1n) is 8.27. The third-order valence-corrected chi connectivity index (χ3v) is 4.16. The largest absolute Gasteiger partial charge is 0.502 e. The van der Waals surface area contributed by atoms with Crippen molar-refractivity contribution in [2.45, 2.75) is 6.92 Å². The van der Waals surface area contributed by atoms with Gasteiger partial charge in [-0.3, -0.25) is 14.4 Å². The van der Waals surface area contributed by atoms with E-state index in [0.29, 0.717) is 16.9 Å². The number of amides is 3. The van der Waals surface area contributed by atoms with Gasteiger partial charge in [-0.25, -0.2) is 4.90 Å². The van der Waals surface area contributed by atoms with Gasteiger partial charge in [0.15, 0.2) is 5.76 Å². The lowest BCUT2D eigenvalue weighted by Gasteiger charge is -2.18. The minimum Gasteiger partial charge on any atom is -0.502 e. The van der Waals surface area contributed by atoms with Crippen molar-refractivity contribution >= 4 is 40.4 Å². The fourth-order valence-corrected chi connectivity index (χ4v) is 2.85. The predicted octanol–water partition coefficient (Wildman–Crippen LogP) is 2.55. The Bertz CT molecular complexity index is 961. The molecule has 0 aromatic heterocycles. The Morgan fingerprint density at radius 1 is 1.04 bits per heavy atom. The Morgan fingerprint density at radius 2 is 1.70 bits per heavy atom. The van der Waals surface area contributed by atoms with Crippen molar-refractivity contribution in [3.8, 4) is 0 Å². The van der Waals surface area contributed by atoms with Crippen LogP contribution in [0, 0.1) is 0 Å². The molecule has 138 valence electrons. The molecule has 7 heteroatoms. The van der Waals surface area contributed by atoms with Crippen LogP contribution in [-0.2, 0) is 14.4 Å². The monoisotopic (exact) mass is 365 g/mol. The number of carbonyl (C=O) groups excluding carboxylic acids is 3. The van der Waals surface area contributed by atoms with Crippen LogP contribution in [-0.4, -0.2) is 36.9 Å². The topological polar surface area (TPSA) is 89.9 Å². The van der Waals surface area contributed by atoms with Gasteiger partial charge in [0.25, 0.3) is 5.91 Å². The smallest absolute Gasteiger partial charge is 0.301 e. The summed E-state index contributed by atoms with van der Waals surface area (Å²) >= 11 is 0. The highest BCUT2D eigenvalue weighted by Crippen LogP contribution is 2.33. The molecule has 2 aromatic rings. The molecular formula is C20H19N3O4. The fourth-order valence-electron chi connectivity index (χ4n) is 2.85. The first-order chi connectivity index (χ1) is 12.8. The van der Waals surface area contributed by atoms with Crippen LogP contribution in [0.2, 0.25) is 0 Å². The Morgan fingerprint density at radius 3 is 2.30 bits per heavy atom. The van der Waals surface area contributed by atoms with Crippen LogP contribution in [0.5, 0.6) is 0 Å². The summed E-state index contributed by atoms with van der Waals surface area (Å²) in [6.45, 7) is 1.39. The molecule has 0 spiro atoms. The van der Waals surface area contributed by atoms with Gasteiger partial charge in [0, 0.05) is 32.4 Å². The highest BCUT2D eigenvalue weighted by molar-refractivity contribution is 6.45. The molecule has 1 aliphatic heterocycles. The van der Waals surface area contributed by atoms with E-state index >= 15 is 0 Å². The molecule has 0 aliphatic carbocycles. The Hall–Kier alpha value is -3.61. The number of hydrogen-bond acceptors (Lipinski definition) is 5. The number of benzene rings is 2. The van der Waals surface area contributed by atoms with E-state index in [-0.39, 0.29) is 11.5 Å². The minimum absolute atomic E-state index is 0.0652. The summed E-state index contributed by atoms with van der Waals surface area (Å²) < 4.78 is 0. The summed E-state index contributed by atoms with van der Waals surface area (Å²) in [7, 11) is 3.70. The zero-order valence-electron chi connectivity index (χ0n) is 15.2. The zero-order chi connectivity index (χ0) is 19.7. The molecule has 0 bridgehead atoms. The molecule has 27 heavy (non-hydrogen) atoms. The molecule has 7 nitrogen and oxygen atoms in total. The number of carbonyl (C=O) groups is 3. The van der Waals surface area contributed by atoms with E-state index in [1.807, 2.05) is 25.1 Å². The van der Waals surface area contributed by atoms with E-state index in [9.17, 15) is 19.5 Å². The van der Waals surface area contributed by atoms with E-state index in [1.165, 1.54) is 6.92 Å². The molecule has 2 N–H and O–H groups in total. The summed E-state index contributed by atoms with van der Waals surface area (Å²) in [5.41, 5.74) is 2.09. The van der Waals surface area contributed by atoms with Gasteiger partial charge in [-0.05, 0) is 35.9 Å². The normalized spacial score (nSPS) is 14.0. The van der Waals surface area contributed by atoms with Crippen LogP contribution in [0.1, 0.15) is 12.5 Å². The average molecular weight is 365 g/mol. The SMILES string of the molecule is CC(=O)Nc1ccc(C2=C(O)C(=O)N(c3cccc(N(C)C)c3)C2=O)cc1. The van der Waals surface area contributed by atoms with Crippen molar-refractivity contribution in [3.05, 3.63) is 59.9 Å². The van der Waals surface area contributed by atoms with Gasteiger partial charge in [0.1, 0.15) is 0 Å². The molecule has 0 saturated carbocycles. The van der Waals surface area contributed by atoms with E-state index in [4.69, 9.17) is 0 Å². The molecule has 0 saturated heterocycles. The maximum atomic E-state index is 12.9. The van der Waals surface area contributed by atoms with Crippen LogP contribution in [0.3, 0.4) is 0 Å². The third kappa shape index (κ3) is 3.39. The molecule has 1 heterocycles. The summed E-state index contributed by atoms with van der Waals surface area (Å²) in [6, 6.07) is 13.3. The van der Waals surface area contributed by atoms with Gasteiger partial charge >= 0.3 is 5.91 Å². The fraction of sp³-hybridized carbons (Fsp3) is 0.150. The van der Waals surface area contributed by atoms with Crippen LogP contribution >= 0.6 is 0 Å². The highest BCUT2D eigenvalue weighted by Gasteiger charge is 2.40. The molecule has 3 amide bonds. The summed E-state index contributed by atoms with van der Waals surface area (Å²) in [4.78, 5) is 39.3. The Kier molecular flexibility index (Phi) is 4.68. The molecule has 0 fully saturated rings. The van der Waals surface area contributed by atoms with Crippen molar-refractivity contribution in [3.63, 3.8) is 0 Å². The quantitative estimate of drug-likeness (QED) is 0.813. The van der Waals surface area contributed by atoms with Gasteiger partial charge < -0.3 is 15.3 Å². The number of imide groups is 1. The van der Waals surface area contributed by atoms with Gasteiger partial charge in [-0.15, -0.1) is 0 Å². The molecule has 0 unspecified atom stereocenters. The van der Waals surface area contributed by atoms with Gasteiger partial charge in [0.2, 0.25) is 5.91 Å². The lowest BCUT2D eigenvalue weighted by molar-refractivity contribution is -0.121. The number of nitrogens with zero attached hydrogens (tertiary/aromatic N) is 2. The summed E-state index contributed by atoms with van der Waals surface area (Å²) in [6.07, 6.45) is 0. The van der Waals surface area contributed by atoms with Crippen LogP contribution in [0.25, 0.3) is 5.57 Å². The van der Waals surface area contributed by atoms with Crippen LogP contribution < -0.4 is 15.1 Å². The van der Waals surface area contributed by atoms with Crippen molar-refractivity contribution in [1.82, 2.24) is 0 Å². The number of anilines is 3. The molecule has 3 rings (SSSR count). The molecule has 0 radical (unpaired) electrons. The second kappa shape index (κ2) is 6.95. The number of hydrogen-bond donors (Lipinski definition) is 2. The van der Waals surface area contributed by atoms with Crippen molar-refractivity contribution in [1.29, 1.82) is 0 Å². The van der Waals surface area contributed by atoms with Gasteiger partial charge in [-0.1, -0.05) is 18.2 Å². The second-order valence-corrected chi connectivity index (χ2v) is 6.34. The summed E-state index contributed by atoms with van der Waals surface area (Å²) in [5, 5.41) is 12.9. The van der Waals surface area contributed by atoms with Crippen LogP contribution in [0.15, 0.2) is 54.3 Å². The lowest BCUT2D eigenvalue weighted by atomic mass is 10.1. The van der Waals surface area contributed by atoms with Crippen molar-refractivity contribution < 1.29 is 19.5 Å². The van der Waals surface area contributed by atoms with E-state index in [1.54, 1.807) is 42.5 Å². The van der Waals surface area contributed by atoms with E-state index in [0.717, 1.165) is 10.6 Å². The first-order valence-corrected chi connectivity index (χ1v) is 8.27. The lowest BCUT2D eigenvalue weighted by Crippen LogP contribution is -2.31. The maximum Gasteiger partial charge on any atom is 0.301 e. The zero-order valence-corrected chi connectivity index (χ0v) is 15.2. The Labute approximate surface area is 156 Å². The maximum absolute atomic E-state index is 12.9. The predicted molar refractivity (Wildman–Crippen MR) is 104 cm³/mol. The van der Waals surface area contributed by atoms with E-state index in [2.05, 4.69) is 5.32 Å². The minimum atomic E-state index is -0.767. The van der Waals surface area contributed by atoms with Crippen LogP contribution in [0.4, 0.5) is 17.1 Å². The number of aliphatic hydroxyl groups excluding tert-OH is 1. The highest BCUT2D eigenvalue weighted by atomic mass is 16.3. The molecule has 2 aromatic carbocycles. The standard InChI is InChI=1S/C20H19N3O4/c1-12(24)21-14-9-7-13(8-10-14)17-18(25)20(27)23(19(17)26)16-6-4-5-15(11-16)22(2)3/h4-11,25H,1-3H3,(H,21,24). The van der Waals surface area contributed by atoms with Crippen molar-refractivity contribution in [2.75, 3.05) is 29.2 Å². The second-order valence-electron chi connectivity index (χ2n) is 6.34. The number of aliphatic hydroxyl groups is 1. The Balaban J connectivity index is 1.95. The number of rotatable bonds is 4. The third-order valence-electron chi connectivity index (χ3n) is 4.16. The molecule has 0 atom stereocenters. The van der Waals surface area contributed by atoms with Gasteiger partial charge in [-0.2, -0.15) is 0 Å².